The molecular weight excluding hydrogens is 166 g/mol. The van der Waals surface area contributed by atoms with Gasteiger partial charge in [0.25, 0.3) is 0 Å². The summed E-state index contributed by atoms with van der Waals surface area (Å²) in [7, 11) is 0. The summed E-state index contributed by atoms with van der Waals surface area (Å²) in [6.07, 6.45) is 0.759. The van der Waals surface area contributed by atoms with Crippen LogP contribution in [0.3, 0.4) is 0 Å². The smallest absolute Gasteiger partial charge is 0.207 e. The lowest BCUT2D eigenvalue weighted by molar-refractivity contribution is -0.109. The van der Waals surface area contributed by atoms with Gasteiger partial charge in [0, 0.05) is 38.3 Å². The van der Waals surface area contributed by atoms with Crippen LogP contribution in [-0.2, 0) is 4.79 Å². The lowest BCUT2D eigenvalue weighted by Gasteiger charge is -2.35. The first kappa shape index (κ1) is 10.5. The van der Waals surface area contributed by atoms with E-state index in [-0.39, 0.29) is 0 Å². The van der Waals surface area contributed by atoms with Gasteiger partial charge in [-0.2, -0.15) is 0 Å². The topological polar surface area (TPSA) is 44.4 Å². The summed E-state index contributed by atoms with van der Waals surface area (Å²) in [5.74, 6) is 0. The molecule has 4 nitrogen and oxygen atoms in total. The van der Waals surface area contributed by atoms with Crippen molar-refractivity contribution < 1.29 is 4.79 Å². The van der Waals surface area contributed by atoms with E-state index in [1.54, 1.807) is 0 Å². The number of amides is 1. The highest BCUT2D eigenvalue weighted by Crippen LogP contribution is 2.02. The van der Waals surface area contributed by atoms with Crippen molar-refractivity contribution in [1.82, 2.24) is 15.5 Å². The maximum Gasteiger partial charge on any atom is 0.207 e. The van der Waals surface area contributed by atoms with E-state index in [9.17, 15) is 4.79 Å². The lowest BCUT2D eigenvalue weighted by Crippen LogP contribution is -2.55. The molecule has 1 fully saturated rings. The second-order valence-corrected chi connectivity index (χ2v) is 3.80. The Hall–Kier alpha value is -0.610. The first-order valence-corrected chi connectivity index (χ1v) is 4.88. The third kappa shape index (κ3) is 3.74. The van der Waals surface area contributed by atoms with Crippen LogP contribution < -0.4 is 10.6 Å². The fourth-order valence-electron chi connectivity index (χ4n) is 1.90. The van der Waals surface area contributed by atoms with Crippen LogP contribution in [0, 0.1) is 0 Å². The van der Waals surface area contributed by atoms with Crippen LogP contribution in [0.25, 0.3) is 0 Å². The van der Waals surface area contributed by atoms with Crippen LogP contribution in [0.15, 0.2) is 0 Å². The Balaban J connectivity index is 2.20. The summed E-state index contributed by atoms with van der Waals surface area (Å²) in [5, 5.41) is 6.15. The second kappa shape index (κ2) is 5.19. The van der Waals surface area contributed by atoms with Crippen molar-refractivity contribution in [3.05, 3.63) is 0 Å². The molecule has 1 heterocycles. The number of rotatable bonds is 4. The van der Waals surface area contributed by atoms with Crippen molar-refractivity contribution in [3.8, 4) is 0 Å². The van der Waals surface area contributed by atoms with Crippen LogP contribution >= 0.6 is 0 Å². The van der Waals surface area contributed by atoms with Crippen LogP contribution in [0.5, 0.6) is 0 Å². The van der Waals surface area contributed by atoms with Gasteiger partial charge in [0.05, 0.1) is 0 Å². The molecule has 0 saturated carbocycles. The van der Waals surface area contributed by atoms with Gasteiger partial charge >= 0.3 is 0 Å². The standard InChI is InChI=1S/C9H19N3O/c1-8-5-12(4-3-10-7-13)6-9(2)11-8/h7-9,11H,3-6H2,1-2H3,(H,10,13). The van der Waals surface area contributed by atoms with Gasteiger partial charge in [0.1, 0.15) is 0 Å². The van der Waals surface area contributed by atoms with Gasteiger partial charge in [0.2, 0.25) is 6.41 Å². The van der Waals surface area contributed by atoms with E-state index in [2.05, 4.69) is 29.4 Å². The van der Waals surface area contributed by atoms with Crippen LogP contribution in [-0.4, -0.2) is 49.6 Å². The molecule has 0 spiro atoms. The van der Waals surface area contributed by atoms with Crippen LogP contribution in [0.1, 0.15) is 13.8 Å². The van der Waals surface area contributed by atoms with Crippen molar-refractivity contribution in [2.45, 2.75) is 25.9 Å². The summed E-state index contributed by atoms with van der Waals surface area (Å²) in [6.45, 7) is 8.24. The van der Waals surface area contributed by atoms with Gasteiger partial charge in [0.15, 0.2) is 0 Å². The van der Waals surface area contributed by atoms with Crippen LogP contribution in [0.2, 0.25) is 0 Å². The zero-order chi connectivity index (χ0) is 9.68. The predicted octanol–water partition coefficient (Wildman–Crippen LogP) is -0.585. The molecule has 1 aliphatic rings. The molecule has 13 heavy (non-hydrogen) atoms. The summed E-state index contributed by atoms with van der Waals surface area (Å²) < 4.78 is 0. The fraction of sp³-hybridized carbons (Fsp3) is 0.889. The van der Waals surface area contributed by atoms with E-state index in [0.717, 1.165) is 32.6 Å². The molecule has 0 bridgehead atoms. The fourth-order valence-corrected chi connectivity index (χ4v) is 1.90. The van der Waals surface area contributed by atoms with Crippen molar-refractivity contribution >= 4 is 6.41 Å². The van der Waals surface area contributed by atoms with Gasteiger partial charge < -0.3 is 10.6 Å². The van der Waals surface area contributed by atoms with Gasteiger partial charge in [-0.15, -0.1) is 0 Å². The highest BCUT2D eigenvalue weighted by atomic mass is 16.1. The molecule has 0 aromatic carbocycles. The Morgan fingerprint density at radius 3 is 2.62 bits per heavy atom. The molecular formula is C9H19N3O. The average molecular weight is 185 g/mol. The third-order valence-corrected chi connectivity index (χ3v) is 2.29. The number of hydrogen-bond acceptors (Lipinski definition) is 3. The van der Waals surface area contributed by atoms with E-state index in [0.29, 0.717) is 12.1 Å². The van der Waals surface area contributed by atoms with Gasteiger partial charge in [-0.1, -0.05) is 0 Å². The number of nitrogens with one attached hydrogen (secondary N) is 2. The molecule has 2 N–H and O–H groups in total. The number of carbonyl (C=O) groups is 1. The quantitative estimate of drug-likeness (QED) is 0.455. The molecule has 76 valence electrons. The molecule has 2 unspecified atom stereocenters. The monoisotopic (exact) mass is 185 g/mol. The van der Waals surface area contributed by atoms with Crippen molar-refractivity contribution in [2.75, 3.05) is 26.2 Å². The van der Waals surface area contributed by atoms with E-state index < -0.39 is 0 Å². The Morgan fingerprint density at radius 2 is 2.08 bits per heavy atom. The summed E-state index contributed by atoms with van der Waals surface area (Å²) in [4.78, 5) is 12.4. The molecule has 1 rings (SSSR count). The molecule has 0 aromatic rings. The maximum absolute atomic E-state index is 10.0. The van der Waals surface area contributed by atoms with Crippen molar-refractivity contribution in [3.63, 3.8) is 0 Å². The molecule has 0 aromatic heterocycles. The zero-order valence-electron chi connectivity index (χ0n) is 8.42. The van der Waals surface area contributed by atoms with Gasteiger partial charge in [-0.3, -0.25) is 9.69 Å². The second-order valence-electron chi connectivity index (χ2n) is 3.80. The summed E-state index contributed by atoms with van der Waals surface area (Å²) in [6, 6.07) is 1.11. The molecule has 4 heteroatoms. The minimum absolute atomic E-state index is 0.556. The number of carbonyl (C=O) groups excluding carboxylic acids is 1. The Kier molecular flexibility index (Phi) is 4.18. The van der Waals surface area contributed by atoms with E-state index in [4.69, 9.17) is 0 Å². The Labute approximate surface area is 79.7 Å². The summed E-state index contributed by atoms with van der Waals surface area (Å²) >= 11 is 0. The van der Waals surface area contributed by atoms with E-state index in [1.165, 1.54) is 0 Å². The molecule has 1 aliphatic heterocycles. The molecule has 1 amide bonds. The SMILES string of the molecule is CC1CN(CCNC=O)CC(C)N1. The Morgan fingerprint density at radius 1 is 1.46 bits per heavy atom. The minimum atomic E-state index is 0.556. The highest BCUT2D eigenvalue weighted by Gasteiger charge is 2.19. The lowest BCUT2D eigenvalue weighted by atomic mass is 10.1. The first-order valence-electron chi connectivity index (χ1n) is 4.88. The van der Waals surface area contributed by atoms with Crippen molar-refractivity contribution in [1.29, 1.82) is 0 Å². The maximum atomic E-state index is 10.0. The minimum Gasteiger partial charge on any atom is -0.357 e. The number of piperazine rings is 1. The van der Waals surface area contributed by atoms with E-state index >= 15 is 0 Å². The zero-order valence-corrected chi connectivity index (χ0v) is 8.42. The first-order chi connectivity index (χ1) is 6.22. The number of hydrogen-bond donors (Lipinski definition) is 2. The number of nitrogens with zero attached hydrogens (tertiary/aromatic N) is 1. The molecule has 0 radical (unpaired) electrons. The normalized spacial score (nSPS) is 30.0. The van der Waals surface area contributed by atoms with Gasteiger partial charge in [-0.05, 0) is 13.8 Å². The molecule has 2 atom stereocenters. The van der Waals surface area contributed by atoms with Gasteiger partial charge in [-0.25, -0.2) is 0 Å². The van der Waals surface area contributed by atoms with Crippen molar-refractivity contribution in [2.24, 2.45) is 0 Å². The summed E-state index contributed by atoms with van der Waals surface area (Å²) in [5.41, 5.74) is 0. The highest BCUT2D eigenvalue weighted by molar-refractivity contribution is 5.45. The predicted molar refractivity (Wildman–Crippen MR) is 52.6 cm³/mol. The Bertz CT molecular complexity index is 153. The third-order valence-electron chi connectivity index (χ3n) is 2.29. The largest absolute Gasteiger partial charge is 0.357 e. The molecule has 1 saturated heterocycles. The molecule has 0 aliphatic carbocycles. The van der Waals surface area contributed by atoms with E-state index in [1.807, 2.05) is 0 Å². The van der Waals surface area contributed by atoms with Crippen LogP contribution in [0.4, 0.5) is 0 Å². The average Bonchev–Trinajstić information content (AvgIpc) is 2.03.